The molecule has 0 bridgehead atoms. The number of aryl methyl sites for hydroxylation is 1. The maximum atomic E-state index is 12.7. The third-order valence-corrected chi connectivity index (χ3v) is 5.69. The maximum Gasteiger partial charge on any atom is 0.257 e. The number of hydrogen-bond acceptors (Lipinski definition) is 4. The standard InChI is InChI=1S/C15H20FN3O2S/c1-9-10(2)17-15-19(14(9)21)12(8-22-15)5-13(20)18-4-3-11(6-16)7-18/h11-12H,3-8H2,1-2H3. The average molecular weight is 325 g/mol. The van der Waals surface area contributed by atoms with Crippen molar-refractivity contribution in [1.29, 1.82) is 0 Å². The monoisotopic (exact) mass is 325 g/mol. The molecule has 0 spiro atoms. The minimum Gasteiger partial charge on any atom is -0.342 e. The van der Waals surface area contributed by atoms with Crippen LogP contribution >= 0.6 is 11.8 Å². The summed E-state index contributed by atoms with van der Waals surface area (Å²) >= 11 is 1.52. The van der Waals surface area contributed by atoms with Crippen LogP contribution in [0.1, 0.15) is 30.1 Å². The number of hydrogen-bond donors (Lipinski definition) is 0. The fraction of sp³-hybridized carbons (Fsp3) is 0.667. The largest absolute Gasteiger partial charge is 0.342 e. The van der Waals surface area contributed by atoms with Crippen molar-refractivity contribution in [2.75, 3.05) is 25.5 Å². The van der Waals surface area contributed by atoms with Gasteiger partial charge < -0.3 is 4.90 Å². The van der Waals surface area contributed by atoms with E-state index in [1.807, 2.05) is 6.92 Å². The number of fused-ring (bicyclic) bond motifs is 1. The fourth-order valence-corrected chi connectivity index (χ4v) is 4.22. The lowest BCUT2D eigenvalue weighted by atomic mass is 10.1. The van der Waals surface area contributed by atoms with Crippen molar-refractivity contribution in [1.82, 2.24) is 14.5 Å². The third-order valence-electron chi connectivity index (χ3n) is 4.59. The Kier molecular flexibility index (Phi) is 4.25. The van der Waals surface area contributed by atoms with E-state index in [1.54, 1.807) is 16.4 Å². The van der Waals surface area contributed by atoms with Crippen LogP contribution in [0, 0.1) is 19.8 Å². The summed E-state index contributed by atoms with van der Waals surface area (Å²) in [4.78, 5) is 31.0. The van der Waals surface area contributed by atoms with Gasteiger partial charge in [-0.3, -0.25) is 18.5 Å². The number of alkyl halides is 1. The summed E-state index contributed by atoms with van der Waals surface area (Å²) in [6, 6.07) is -0.142. The highest BCUT2D eigenvalue weighted by Crippen LogP contribution is 2.33. The molecule has 0 saturated carbocycles. The Morgan fingerprint density at radius 3 is 2.91 bits per heavy atom. The Hall–Kier alpha value is -1.37. The first kappa shape index (κ1) is 15.5. The molecule has 1 aromatic rings. The van der Waals surface area contributed by atoms with E-state index in [4.69, 9.17) is 0 Å². The average Bonchev–Trinajstić information content (AvgIpc) is 3.12. The van der Waals surface area contributed by atoms with Crippen molar-refractivity contribution in [2.24, 2.45) is 5.92 Å². The number of nitrogens with zero attached hydrogens (tertiary/aromatic N) is 3. The first-order valence-electron chi connectivity index (χ1n) is 7.57. The molecule has 2 aliphatic heterocycles. The van der Waals surface area contributed by atoms with Crippen LogP contribution < -0.4 is 5.56 Å². The van der Waals surface area contributed by atoms with Crippen LogP contribution in [0.25, 0.3) is 0 Å². The van der Waals surface area contributed by atoms with Gasteiger partial charge in [-0.2, -0.15) is 0 Å². The lowest BCUT2D eigenvalue weighted by Crippen LogP contribution is -2.34. The molecule has 1 fully saturated rings. The van der Waals surface area contributed by atoms with E-state index in [0.29, 0.717) is 36.0 Å². The SMILES string of the molecule is Cc1nc2n(c(=O)c1C)C(CC(=O)N1CCC(CF)C1)CS2. The molecular formula is C15H20FN3O2S. The van der Waals surface area contributed by atoms with Gasteiger partial charge in [0, 0.05) is 42.4 Å². The first-order chi connectivity index (χ1) is 10.5. The summed E-state index contributed by atoms with van der Waals surface area (Å²) in [6.07, 6.45) is 1.03. The molecule has 1 amide bonds. The molecule has 0 radical (unpaired) electrons. The van der Waals surface area contributed by atoms with Crippen molar-refractivity contribution in [3.8, 4) is 0 Å². The van der Waals surface area contributed by atoms with Crippen molar-refractivity contribution in [3.63, 3.8) is 0 Å². The predicted octanol–water partition coefficient (Wildman–Crippen LogP) is 1.72. The molecule has 1 saturated heterocycles. The van der Waals surface area contributed by atoms with Gasteiger partial charge in [-0.1, -0.05) is 11.8 Å². The summed E-state index contributed by atoms with van der Waals surface area (Å²) in [5.74, 6) is 0.681. The smallest absolute Gasteiger partial charge is 0.257 e. The van der Waals surface area contributed by atoms with Crippen molar-refractivity contribution < 1.29 is 9.18 Å². The second kappa shape index (κ2) is 6.02. The van der Waals surface area contributed by atoms with Gasteiger partial charge in [0.05, 0.1) is 12.7 Å². The zero-order valence-corrected chi connectivity index (χ0v) is 13.7. The third kappa shape index (κ3) is 2.66. The minimum absolute atomic E-state index is 0.0135. The molecule has 7 heteroatoms. The molecule has 0 aromatic carbocycles. The Morgan fingerprint density at radius 2 is 2.23 bits per heavy atom. The molecule has 2 aliphatic rings. The maximum absolute atomic E-state index is 12.7. The number of carbonyl (C=O) groups excluding carboxylic acids is 1. The van der Waals surface area contributed by atoms with Gasteiger partial charge in [0.2, 0.25) is 5.91 Å². The first-order valence-corrected chi connectivity index (χ1v) is 8.56. The quantitative estimate of drug-likeness (QED) is 0.794. The van der Waals surface area contributed by atoms with Crippen LogP contribution in [-0.2, 0) is 4.79 Å². The van der Waals surface area contributed by atoms with Crippen LogP contribution in [0.2, 0.25) is 0 Å². The molecule has 3 heterocycles. The van der Waals surface area contributed by atoms with Gasteiger partial charge in [0.25, 0.3) is 5.56 Å². The van der Waals surface area contributed by atoms with Gasteiger partial charge in [-0.25, -0.2) is 4.98 Å². The molecule has 120 valence electrons. The highest BCUT2D eigenvalue weighted by atomic mass is 32.2. The summed E-state index contributed by atoms with van der Waals surface area (Å²) in [5.41, 5.74) is 1.34. The Morgan fingerprint density at radius 1 is 1.45 bits per heavy atom. The minimum atomic E-state index is -0.367. The van der Waals surface area contributed by atoms with Crippen molar-refractivity contribution >= 4 is 17.7 Å². The number of likely N-dealkylation sites (tertiary alicyclic amines) is 1. The summed E-state index contributed by atoms with van der Waals surface area (Å²) in [6.45, 7) is 4.36. The number of halogens is 1. The molecule has 2 atom stereocenters. The number of aromatic nitrogens is 2. The summed E-state index contributed by atoms with van der Waals surface area (Å²) in [5, 5.41) is 0.703. The zero-order valence-electron chi connectivity index (χ0n) is 12.8. The molecule has 1 aromatic heterocycles. The van der Waals surface area contributed by atoms with Gasteiger partial charge in [0.15, 0.2) is 5.16 Å². The van der Waals surface area contributed by atoms with E-state index in [9.17, 15) is 14.0 Å². The second-order valence-corrected chi connectivity index (χ2v) is 7.08. The summed E-state index contributed by atoms with van der Waals surface area (Å²) < 4.78 is 14.3. The fourth-order valence-electron chi connectivity index (χ4n) is 3.04. The lowest BCUT2D eigenvalue weighted by Gasteiger charge is -2.20. The molecule has 2 unspecified atom stereocenters. The van der Waals surface area contributed by atoms with Gasteiger partial charge >= 0.3 is 0 Å². The second-order valence-electron chi connectivity index (χ2n) is 6.10. The number of rotatable bonds is 3. The highest BCUT2D eigenvalue weighted by Gasteiger charge is 2.32. The highest BCUT2D eigenvalue weighted by molar-refractivity contribution is 7.99. The van der Waals surface area contributed by atoms with E-state index in [0.717, 1.165) is 12.1 Å². The Bertz CT molecular complexity index is 661. The van der Waals surface area contributed by atoms with Gasteiger partial charge in [-0.05, 0) is 20.3 Å². The van der Waals surface area contributed by atoms with E-state index in [-0.39, 0.29) is 30.1 Å². The van der Waals surface area contributed by atoms with Crippen LogP contribution in [0.5, 0.6) is 0 Å². The number of carbonyl (C=O) groups is 1. The van der Waals surface area contributed by atoms with E-state index in [1.165, 1.54) is 11.8 Å². The van der Waals surface area contributed by atoms with E-state index in [2.05, 4.69) is 4.98 Å². The Balaban J connectivity index is 1.76. The van der Waals surface area contributed by atoms with Crippen LogP contribution in [-0.4, -0.2) is 45.9 Å². The van der Waals surface area contributed by atoms with Gasteiger partial charge in [-0.15, -0.1) is 0 Å². The van der Waals surface area contributed by atoms with Crippen LogP contribution in [0.3, 0.4) is 0 Å². The molecule has 3 rings (SSSR count). The molecule has 22 heavy (non-hydrogen) atoms. The lowest BCUT2D eigenvalue weighted by molar-refractivity contribution is -0.131. The van der Waals surface area contributed by atoms with E-state index < -0.39 is 0 Å². The molecule has 0 N–H and O–H groups in total. The molecule has 5 nitrogen and oxygen atoms in total. The Labute approximate surface area is 132 Å². The van der Waals surface area contributed by atoms with Crippen molar-refractivity contribution in [3.05, 3.63) is 21.6 Å². The number of amides is 1. The van der Waals surface area contributed by atoms with Gasteiger partial charge in [0.1, 0.15) is 0 Å². The summed E-state index contributed by atoms with van der Waals surface area (Å²) in [7, 11) is 0. The normalized spacial score (nSPS) is 23.9. The van der Waals surface area contributed by atoms with Crippen LogP contribution in [0.15, 0.2) is 9.95 Å². The zero-order chi connectivity index (χ0) is 15.9. The predicted molar refractivity (Wildman–Crippen MR) is 83.0 cm³/mol. The molecular weight excluding hydrogens is 305 g/mol. The number of thioether (sulfide) groups is 1. The van der Waals surface area contributed by atoms with E-state index >= 15 is 0 Å². The van der Waals surface area contributed by atoms with Crippen molar-refractivity contribution in [2.45, 2.75) is 37.9 Å². The topological polar surface area (TPSA) is 55.2 Å². The molecule has 0 aliphatic carbocycles. The van der Waals surface area contributed by atoms with Crippen LogP contribution in [0.4, 0.5) is 4.39 Å².